The van der Waals surface area contributed by atoms with Gasteiger partial charge in [-0.15, -0.1) is 0 Å². The lowest BCUT2D eigenvalue weighted by molar-refractivity contribution is -0.111. The summed E-state index contributed by atoms with van der Waals surface area (Å²) in [5, 5.41) is 9.61. The van der Waals surface area contributed by atoms with Gasteiger partial charge in [0.15, 0.2) is 17.3 Å². The number of carbonyl (C=O) groups excluding carboxylic acids is 1. The van der Waals surface area contributed by atoms with Crippen LogP contribution in [0.5, 0.6) is 11.5 Å². The second-order valence-electron chi connectivity index (χ2n) is 7.43. The van der Waals surface area contributed by atoms with Crippen molar-refractivity contribution in [1.29, 1.82) is 5.26 Å². The number of nitrogens with zero attached hydrogens (tertiary/aromatic N) is 1. The number of benzene rings is 1. The Labute approximate surface area is 155 Å². The number of hydrogen-bond acceptors (Lipinski definition) is 4. The van der Waals surface area contributed by atoms with Gasteiger partial charge < -0.3 is 9.47 Å². The third kappa shape index (κ3) is 3.57. The van der Waals surface area contributed by atoms with E-state index in [0.29, 0.717) is 30.1 Å². The van der Waals surface area contributed by atoms with Crippen molar-refractivity contribution in [3.8, 4) is 17.6 Å². The number of methoxy groups -OCH3 is 1. The predicted molar refractivity (Wildman–Crippen MR) is 103 cm³/mol. The van der Waals surface area contributed by atoms with Crippen molar-refractivity contribution in [2.45, 2.75) is 39.5 Å². The quantitative estimate of drug-likeness (QED) is 0.421. The highest BCUT2D eigenvalue weighted by molar-refractivity contribution is 6.15. The lowest BCUT2D eigenvalue weighted by atomic mass is 9.86. The van der Waals surface area contributed by atoms with E-state index in [-0.39, 0.29) is 16.8 Å². The monoisotopic (exact) mass is 351 g/mol. The molecule has 0 N–H and O–H groups in total. The third-order valence-corrected chi connectivity index (χ3v) is 4.48. The van der Waals surface area contributed by atoms with Gasteiger partial charge in [0.25, 0.3) is 0 Å². The van der Waals surface area contributed by atoms with Gasteiger partial charge in [-0.05, 0) is 65.7 Å². The number of fused-ring (bicyclic) bond motifs is 1. The van der Waals surface area contributed by atoms with Crippen molar-refractivity contribution in [2.75, 3.05) is 13.7 Å². The third-order valence-electron chi connectivity index (χ3n) is 4.48. The van der Waals surface area contributed by atoms with E-state index in [0.717, 1.165) is 22.3 Å². The second-order valence-corrected chi connectivity index (χ2v) is 7.43. The first kappa shape index (κ1) is 19.5. The molecule has 0 saturated carbocycles. The summed E-state index contributed by atoms with van der Waals surface area (Å²) >= 11 is 0. The largest absolute Gasteiger partial charge is 0.493 e. The summed E-state index contributed by atoms with van der Waals surface area (Å²) in [7, 11) is 1.60. The molecule has 0 radical (unpaired) electrons. The van der Waals surface area contributed by atoms with Gasteiger partial charge in [0, 0.05) is 0 Å². The molecule has 0 saturated heterocycles. The smallest absolute Gasteiger partial charge is 0.198 e. The number of ketones is 1. The average Bonchev–Trinajstić information content (AvgIpc) is 2.83. The van der Waals surface area contributed by atoms with Crippen LogP contribution in [0, 0.1) is 11.3 Å². The van der Waals surface area contributed by atoms with Crippen molar-refractivity contribution in [2.24, 2.45) is 0 Å². The maximum Gasteiger partial charge on any atom is 0.198 e. The standard InChI is InChI=1S/C22H25NO3/c1-13(2)12-26-20-8-15-16(17(11-23)21(24)14(3)4)10-22(5,6)18(15)9-19(20)25-7/h8-9H,1,3,10,12H2,2,4-7H3/b17-16+. The van der Waals surface area contributed by atoms with E-state index in [2.05, 4.69) is 33.1 Å². The lowest BCUT2D eigenvalue weighted by Crippen LogP contribution is -2.12. The summed E-state index contributed by atoms with van der Waals surface area (Å²) in [4.78, 5) is 12.5. The Balaban J connectivity index is 2.70. The first-order valence-electron chi connectivity index (χ1n) is 8.46. The summed E-state index contributed by atoms with van der Waals surface area (Å²) in [6.07, 6.45) is 0.595. The minimum Gasteiger partial charge on any atom is -0.493 e. The molecule has 0 aliphatic heterocycles. The molecule has 0 spiro atoms. The predicted octanol–water partition coefficient (Wildman–Crippen LogP) is 4.75. The van der Waals surface area contributed by atoms with Crippen molar-refractivity contribution < 1.29 is 14.3 Å². The van der Waals surface area contributed by atoms with Crippen LogP contribution in [0.1, 0.15) is 45.2 Å². The molecule has 4 heteroatoms. The normalized spacial score (nSPS) is 16.3. The maximum absolute atomic E-state index is 12.5. The number of rotatable bonds is 6. The molecule has 0 unspecified atom stereocenters. The molecule has 0 atom stereocenters. The van der Waals surface area contributed by atoms with Gasteiger partial charge in [0.2, 0.25) is 0 Å². The molecule has 0 heterocycles. The van der Waals surface area contributed by atoms with Gasteiger partial charge in [-0.25, -0.2) is 0 Å². The summed E-state index contributed by atoms with van der Waals surface area (Å²) in [5.74, 6) is 0.889. The van der Waals surface area contributed by atoms with Gasteiger partial charge in [0.1, 0.15) is 18.2 Å². The van der Waals surface area contributed by atoms with E-state index in [9.17, 15) is 10.1 Å². The summed E-state index contributed by atoms with van der Waals surface area (Å²) in [6.45, 7) is 15.6. The number of ether oxygens (including phenoxy) is 2. The van der Waals surface area contributed by atoms with Gasteiger partial charge >= 0.3 is 0 Å². The zero-order chi connectivity index (χ0) is 19.6. The minimum atomic E-state index is -0.314. The number of allylic oxidation sites excluding steroid dienone is 3. The van der Waals surface area contributed by atoms with Crippen LogP contribution in [0.2, 0.25) is 0 Å². The highest BCUT2D eigenvalue weighted by Gasteiger charge is 2.37. The first-order valence-corrected chi connectivity index (χ1v) is 8.46. The number of hydrogen-bond donors (Lipinski definition) is 0. The van der Waals surface area contributed by atoms with E-state index in [1.54, 1.807) is 14.0 Å². The minimum absolute atomic E-state index is 0.153. The topological polar surface area (TPSA) is 59.3 Å². The molecule has 0 bridgehead atoms. The van der Waals surface area contributed by atoms with E-state index in [4.69, 9.17) is 9.47 Å². The molecular weight excluding hydrogens is 326 g/mol. The van der Waals surface area contributed by atoms with Crippen LogP contribution >= 0.6 is 0 Å². The van der Waals surface area contributed by atoms with Gasteiger partial charge in [-0.3, -0.25) is 4.79 Å². The van der Waals surface area contributed by atoms with Crippen LogP contribution in [0.4, 0.5) is 0 Å². The van der Waals surface area contributed by atoms with Crippen LogP contribution in [0.3, 0.4) is 0 Å². The van der Waals surface area contributed by atoms with Crippen LogP contribution < -0.4 is 9.47 Å². The van der Waals surface area contributed by atoms with Crippen molar-refractivity contribution >= 4 is 11.4 Å². The molecule has 1 aromatic rings. The molecule has 4 nitrogen and oxygen atoms in total. The fraction of sp³-hybridized carbons (Fsp3) is 0.364. The summed E-state index contributed by atoms with van der Waals surface area (Å²) in [6, 6.07) is 5.89. The number of Topliss-reactive ketones (excluding diaryl/α,β-unsaturated/α-hetero) is 1. The zero-order valence-corrected chi connectivity index (χ0v) is 16.2. The van der Waals surface area contributed by atoms with E-state index >= 15 is 0 Å². The highest BCUT2D eigenvalue weighted by Crippen LogP contribution is 2.50. The van der Waals surface area contributed by atoms with Gasteiger partial charge in [-0.1, -0.05) is 27.0 Å². The van der Waals surface area contributed by atoms with Crippen LogP contribution in [-0.2, 0) is 10.2 Å². The Morgan fingerprint density at radius 2 is 1.92 bits per heavy atom. The van der Waals surface area contributed by atoms with Gasteiger partial charge in [0.05, 0.1) is 7.11 Å². The van der Waals surface area contributed by atoms with Crippen LogP contribution in [-0.4, -0.2) is 19.5 Å². The Morgan fingerprint density at radius 3 is 2.42 bits per heavy atom. The fourth-order valence-corrected chi connectivity index (χ4v) is 3.17. The Kier molecular flexibility index (Phi) is 5.41. The molecule has 0 amide bonds. The summed E-state index contributed by atoms with van der Waals surface area (Å²) < 4.78 is 11.3. The highest BCUT2D eigenvalue weighted by atomic mass is 16.5. The molecule has 1 aromatic carbocycles. The molecule has 1 aliphatic rings. The molecule has 2 rings (SSSR count). The van der Waals surface area contributed by atoms with Crippen molar-refractivity contribution in [3.05, 3.63) is 53.1 Å². The Hall–Kier alpha value is -2.80. The lowest BCUT2D eigenvalue weighted by Gasteiger charge is -2.20. The molecule has 1 aliphatic carbocycles. The maximum atomic E-state index is 12.5. The van der Waals surface area contributed by atoms with Crippen molar-refractivity contribution in [1.82, 2.24) is 0 Å². The van der Waals surface area contributed by atoms with E-state index in [1.165, 1.54) is 0 Å². The van der Waals surface area contributed by atoms with Gasteiger partial charge in [-0.2, -0.15) is 5.26 Å². The molecule has 0 aromatic heterocycles. The summed E-state index contributed by atoms with van der Waals surface area (Å²) in [5.41, 5.74) is 3.81. The molecular formula is C22H25NO3. The fourth-order valence-electron chi connectivity index (χ4n) is 3.17. The molecule has 0 fully saturated rings. The van der Waals surface area contributed by atoms with E-state index < -0.39 is 0 Å². The Morgan fingerprint density at radius 1 is 1.27 bits per heavy atom. The Bertz CT molecular complexity index is 866. The zero-order valence-electron chi connectivity index (χ0n) is 16.2. The molecule has 26 heavy (non-hydrogen) atoms. The average molecular weight is 351 g/mol. The van der Waals surface area contributed by atoms with Crippen LogP contribution in [0.25, 0.3) is 5.57 Å². The van der Waals surface area contributed by atoms with E-state index in [1.807, 2.05) is 19.1 Å². The first-order chi connectivity index (χ1) is 12.1. The number of carbonyl (C=O) groups is 1. The molecule has 136 valence electrons. The number of nitriles is 1. The SMILES string of the molecule is C=C(C)COc1cc2c(cc1OC)C(C)(C)C/C2=C(/C#N)C(=O)C(=C)C. The van der Waals surface area contributed by atoms with Crippen LogP contribution in [0.15, 0.2) is 42.0 Å². The van der Waals surface area contributed by atoms with Crippen molar-refractivity contribution in [3.63, 3.8) is 0 Å². The second kappa shape index (κ2) is 7.21.